The minimum atomic E-state index is -0.867. The van der Waals surface area contributed by atoms with Gasteiger partial charge in [0.1, 0.15) is 5.54 Å². The van der Waals surface area contributed by atoms with Crippen LogP contribution in [0.5, 0.6) is 0 Å². The van der Waals surface area contributed by atoms with Crippen molar-refractivity contribution in [2.24, 2.45) is 0 Å². The number of aryl methyl sites for hydroxylation is 2. The highest BCUT2D eigenvalue weighted by Crippen LogP contribution is 2.27. The molecule has 0 bridgehead atoms. The van der Waals surface area contributed by atoms with E-state index in [1.165, 1.54) is 7.11 Å². The monoisotopic (exact) mass is 287 g/mol. The van der Waals surface area contributed by atoms with Crippen LogP contribution in [0.2, 0.25) is 0 Å². The van der Waals surface area contributed by atoms with Gasteiger partial charge in [-0.1, -0.05) is 30.3 Å². The largest absolute Gasteiger partial charge is 0.467 e. The first-order valence-corrected chi connectivity index (χ1v) is 6.95. The van der Waals surface area contributed by atoms with Crippen LogP contribution in [0.4, 0.5) is 0 Å². The molecule has 112 valence electrons. The van der Waals surface area contributed by atoms with Crippen LogP contribution < -0.4 is 5.32 Å². The van der Waals surface area contributed by atoms with Gasteiger partial charge in [0.15, 0.2) is 0 Å². The number of likely N-dealkylation sites (N-methyl/N-ethyl adjacent to an activating group) is 1. The molecule has 21 heavy (non-hydrogen) atoms. The molecule has 5 heteroatoms. The fraction of sp³-hybridized carbons (Fsp3) is 0.375. The number of benzene rings is 1. The van der Waals surface area contributed by atoms with Gasteiger partial charge in [-0.05, 0) is 25.6 Å². The number of nitrogens with zero attached hydrogens (tertiary/aromatic N) is 2. The molecule has 0 spiro atoms. The number of carbonyl (C=O) groups is 1. The van der Waals surface area contributed by atoms with E-state index in [0.29, 0.717) is 13.0 Å². The summed E-state index contributed by atoms with van der Waals surface area (Å²) < 4.78 is 6.92. The van der Waals surface area contributed by atoms with Crippen LogP contribution >= 0.6 is 0 Å². The Hall–Kier alpha value is -2.14. The molecule has 1 heterocycles. The van der Waals surface area contributed by atoms with Crippen molar-refractivity contribution in [3.05, 3.63) is 53.9 Å². The van der Waals surface area contributed by atoms with Gasteiger partial charge in [0, 0.05) is 24.9 Å². The van der Waals surface area contributed by atoms with E-state index in [9.17, 15) is 4.79 Å². The third-order valence-electron chi connectivity index (χ3n) is 3.85. The smallest absolute Gasteiger partial charge is 0.330 e. The summed E-state index contributed by atoms with van der Waals surface area (Å²) in [6, 6.07) is 11.6. The number of hydrogen-bond donors (Lipinski definition) is 1. The molecular weight excluding hydrogens is 266 g/mol. The van der Waals surface area contributed by atoms with Crippen LogP contribution in [0.15, 0.2) is 42.6 Å². The second-order valence-corrected chi connectivity index (χ2v) is 4.96. The van der Waals surface area contributed by atoms with E-state index < -0.39 is 5.54 Å². The molecule has 0 aliphatic carbocycles. The van der Waals surface area contributed by atoms with Crippen LogP contribution in [-0.4, -0.2) is 29.9 Å². The summed E-state index contributed by atoms with van der Waals surface area (Å²) in [5.74, 6) is -0.291. The van der Waals surface area contributed by atoms with Crippen molar-refractivity contribution in [2.75, 3.05) is 14.2 Å². The Balaban J connectivity index is 2.32. The fourth-order valence-electron chi connectivity index (χ4n) is 2.54. The molecule has 2 aromatic rings. The van der Waals surface area contributed by atoms with Gasteiger partial charge in [0.2, 0.25) is 0 Å². The molecule has 5 nitrogen and oxygen atoms in total. The van der Waals surface area contributed by atoms with Crippen molar-refractivity contribution < 1.29 is 9.53 Å². The molecule has 1 N–H and O–H groups in total. The Morgan fingerprint density at radius 2 is 2.05 bits per heavy atom. The van der Waals surface area contributed by atoms with Crippen molar-refractivity contribution in [3.8, 4) is 0 Å². The number of esters is 1. The lowest BCUT2D eigenvalue weighted by molar-refractivity contribution is -0.149. The highest BCUT2D eigenvalue weighted by atomic mass is 16.5. The van der Waals surface area contributed by atoms with Gasteiger partial charge >= 0.3 is 5.97 Å². The third-order valence-corrected chi connectivity index (χ3v) is 3.85. The Morgan fingerprint density at radius 1 is 1.33 bits per heavy atom. The molecule has 0 saturated heterocycles. The second-order valence-electron chi connectivity index (χ2n) is 4.96. The first-order valence-electron chi connectivity index (χ1n) is 6.95. The maximum absolute atomic E-state index is 12.4. The molecular formula is C16H21N3O2. The van der Waals surface area contributed by atoms with Gasteiger partial charge in [-0.3, -0.25) is 4.68 Å². The minimum absolute atomic E-state index is 0.291. The lowest BCUT2D eigenvalue weighted by atomic mass is 9.86. The normalized spacial score (nSPS) is 13.7. The summed E-state index contributed by atoms with van der Waals surface area (Å²) in [6.07, 6.45) is 2.32. The van der Waals surface area contributed by atoms with Gasteiger partial charge < -0.3 is 10.1 Å². The fourth-order valence-corrected chi connectivity index (χ4v) is 2.54. The highest BCUT2D eigenvalue weighted by Gasteiger charge is 2.39. The number of aromatic nitrogens is 2. The SMILES string of the molecule is CNC(CCn1nccc1C)(C(=O)OC)c1ccccc1. The van der Waals surface area contributed by atoms with E-state index in [2.05, 4.69) is 10.4 Å². The summed E-state index contributed by atoms with van der Waals surface area (Å²) in [5.41, 5.74) is 1.09. The number of carbonyl (C=O) groups excluding carboxylic acids is 1. The summed E-state index contributed by atoms with van der Waals surface area (Å²) in [7, 11) is 3.19. The molecule has 0 aliphatic heterocycles. The maximum Gasteiger partial charge on any atom is 0.330 e. The standard InChI is InChI=1S/C16H21N3O2/c1-13-9-11-18-19(13)12-10-16(17-2,15(20)21-3)14-7-5-4-6-8-14/h4-9,11,17H,10,12H2,1-3H3. The topological polar surface area (TPSA) is 56.2 Å². The molecule has 0 aliphatic rings. The number of nitrogens with one attached hydrogen (secondary N) is 1. The van der Waals surface area contributed by atoms with E-state index >= 15 is 0 Å². The van der Waals surface area contributed by atoms with Crippen molar-refractivity contribution in [3.63, 3.8) is 0 Å². The second kappa shape index (κ2) is 6.54. The molecule has 1 aromatic heterocycles. The molecule has 1 atom stereocenters. The summed E-state index contributed by atoms with van der Waals surface area (Å²) >= 11 is 0. The van der Waals surface area contributed by atoms with Crippen molar-refractivity contribution >= 4 is 5.97 Å². The summed E-state index contributed by atoms with van der Waals surface area (Å²) in [6.45, 7) is 2.62. The van der Waals surface area contributed by atoms with Crippen LogP contribution in [0, 0.1) is 6.92 Å². The average molecular weight is 287 g/mol. The number of rotatable bonds is 6. The van der Waals surface area contributed by atoms with Gasteiger partial charge in [0.25, 0.3) is 0 Å². The summed E-state index contributed by atoms with van der Waals surface area (Å²) in [4.78, 5) is 12.4. The zero-order chi connectivity index (χ0) is 15.3. The molecule has 0 radical (unpaired) electrons. The quantitative estimate of drug-likeness (QED) is 0.824. The molecule has 0 fully saturated rings. The van der Waals surface area contributed by atoms with Gasteiger partial charge in [-0.25, -0.2) is 4.79 Å². The summed E-state index contributed by atoms with van der Waals surface area (Å²) in [5, 5.41) is 7.42. The Morgan fingerprint density at radius 3 is 2.57 bits per heavy atom. The average Bonchev–Trinajstić information content (AvgIpc) is 2.94. The molecule has 2 rings (SSSR count). The predicted molar refractivity (Wildman–Crippen MR) is 80.8 cm³/mol. The van der Waals surface area contributed by atoms with Gasteiger partial charge in [-0.2, -0.15) is 5.10 Å². The lowest BCUT2D eigenvalue weighted by Crippen LogP contribution is -2.49. The van der Waals surface area contributed by atoms with E-state index in [-0.39, 0.29) is 5.97 Å². The van der Waals surface area contributed by atoms with Crippen LogP contribution in [0.1, 0.15) is 17.7 Å². The predicted octanol–water partition coefficient (Wildman–Crippen LogP) is 1.87. The molecule has 0 amide bonds. The van der Waals surface area contributed by atoms with Crippen LogP contribution in [-0.2, 0) is 21.6 Å². The van der Waals surface area contributed by atoms with E-state index in [1.54, 1.807) is 13.2 Å². The molecule has 0 saturated carbocycles. The van der Waals surface area contributed by atoms with E-state index in [1.807, 2.05) is 48.0 Å². The molecule has 1 aromatic carbocycles. The first kappa shape index (κ1) is 15.3. The molecule has 1 unspecified atom stereocenters. The van der Waals surface area contributed by atoms with Crippen molar-refractivity contribution in [1.29, 1.82) is 0 Å². The highest BCUT2D eigenvalue weighted by molar-refractivity contribution is 5.82. The first-order chi connectivity index (χ1) is 10.1. The third kappa shape index (κ3) is 2.97. The van der Waals surface area contributed by atoms with E-state index in [0.717, 1.165) is 11.3 Å². The number of ether oxygens (including phenoxy) is 1. The van der Waals surface area contributed by atoms with Gasteiger partial charge in [-0.15, -0.1) is 0 Å². The minimum Gasteiger partial charge on any atom is -0.467 e. The van der Waals surface area contributed by atoms with Crippen LogP contribution in [0.3, 0.4) is 0 Å². The number of hydrogen-bond acceptors (Lipinski definition) is 4. The lowest BCUT2D eigenvalue weighted by Gasteiger charge is -2.31. The van der Waals surface area contributed by atoms with Crippen LogP contribution in [0.25, 0.3) is 0 Å². The number of methoxy groups -OCH3 is 1. The Kier molecular flexibility index (Phi) is 4.75. The van der Waals surface area contributed by atoms with E-state index in [4.69, 9.17) is 4.74 Å². The van der Waals surface area contributed by atoms with Crippen molar-refractivity contribution in [1.82, 2.24) is 15.1 Å². The Labute approximate surface area is 124 Å². The van der Waals surface area contributed by atoms with Gasteiger partial charge in [0.05, 0.1) is 7.11 Å². The zero-order valence-electron chi connectivity index (χ0n) is 12.7. The Bertz CT molecular complexity index is 595. The maximum atomic E-state index is 12.4. The zero-order valence-corrected chi connectivity index (χ0v) is 12.7. The van der Waals surface area contributed by atoms with Crippen molar-refractivity contribution in [2.45, 2.75) is 25.4 Å².